The van der Waals surface area contributed by atoms with Gasteiger partial charge in [-0.1, -0.05) is 6.07 Å². The number of halogens is 1. The van der Waals surface area contributed by atoms with Crippen LogP contribution in [0.4, 0.5) is 5.69 Å². The number of nitrogens with two attached hydrogens (primary N) is 1. The van der Waals surface area contributed by atoms with Crippen molar-refractivity contribution in [2.45, 2.75) is 25.8 Å². The van der Waals surface area contributed by atoms with Crippen molar-refractivity contribution in [1.82, 2.24) is 0 Å². The normalized spacial score (nSPS) is 17.0. The molecule has 0 unspecified atom stereocenters. The molecule has 1 aromatic rings. The van der Waals surface area contributed by atoms with Crippen LogP contribution >= 0.6 is 15.9 Å². The lowest BCUT2D eigenvalue weighted by Crippen LogP contribution is -2.36. The molecule has 0 amide bonds. The lowest BCUT2D eigenvalue weighted by molar-refractivity contribution is 0.122. The molecule has 1 aliphatic heterocycles. The van der Waals surface area contributed by atoms with Crippen LogP contribution in [0.5, 0.6) is 0 Å². The minimum Gasteiger partial charge on any atom is -0.378 e. The molecule has 0 bridgehead atoms. The first-order valence-corrected chi connectivity index (χ1v) is 7.15. The SMILES string of the molecule is CC(C)(N)Cc1ccc(N2CCOCC2)c(Br)c1. The van der Waals surface area contributed by atoms with Gasteiger partial charge in [-0.3, -0.25) is 0 Å². The molecule has 4 heteroatoms. The number of anilines is 1. The predicted molar refractivity (Wildman–Crippen MR) is 79.1 cm³/mol. The summed E-state index contributed by atoms with van der Waals surface area (Å²) in [6.45, 7) is 7.64. The van der Waals surface area contributed by atoms with Crippen LogP contribution in [0.25, 0.3) is 0 Å². The first kappa shape index (κ1) is 13.8. The van der Waals surface area contributed by atoms with Crippen LogP contribution in [0, 0.1) is 0 Å². The second-order valence-corrected chi connectivity index (χ2v) is 6.40. The monoisotopic (exact) mass is 312 g/mol. The van der Waals surface area contributed by atoms with Crippen molar-refractivity contribution in [3.05, 3.63) is 28.2 Å². The predicted octanol–water partition coefficient (Wildman–Crippen LogP) is 2.57. The van der Waals surface area contributed by atoms with Crippen molar-refractivity contribution in [2.75, 3.05) is 31.2 Å². The van der Waals surface area contributed by atoms with Gasteiger partial charge in [0, 0.05) is 23.1 Å². The van der Waals surface area contributed by atoms with Gasteiger partial charge < -0.3 is 15.4 Å². The van der Waals surface area contributed by atoms with Gasteiger partial charge in [0.2, 0.25) is 0 Å². The summed E-state index contributed by atoms with van der Waals surface area (Å²) in [7, 11) is 0. The summed E-state index contributed by atoms with van der Waals surface area (Å²) in [6, 6.07) is 6.53. The number of benzene rings is 1. The van der Waals surface area contributed by atoms with Crippen LogP contribution < -0.4 is 10.6 Å². The Balaban J connectivity index is 2.14. The molecule has 0 aromatic heterocycles. The molecule has 18 heavy (non-hydrogen) atoms. The van der Waals surface area contributed by atoms with Crippen LogP contribution in [0.1, 0.15) is 19.4 Å². The molecule has 1 aliphatic rings. The highest BCUT2D eigenvalue weighted by Crippen LogP contribution is 2.29. The molecule has 100 valence electrons. The van der Waals surface area contributed by atoms with Crippen molar-refractivity contribution in [3.63, 3.8) is 0 Å². The van der Waals surface area contributed by atoms with Gasteiger partial charge in [0.15, 0.2) is 0 Å². The second kappa shape index (κ2) is 5.59. The molecule has 0 spiro atoms. The Morgan fingerprint density at radius 3 is 2.56 bits per heavy atom. The Labute approximate surface area is 117 Å². The van der Waals surface area contributed by atoms with E-state index in [1.807, 2.05) is 0 Å². The van der Waals surface area contributed by atoms with E-state index in [1.54, 1.807) is 0 Å². The number of morpholine rings is 1. The minimum absolute atomic E-state index is 0.167. The highest BCUT2D eigenvalue weighted by molar-refractivity contribution is 9.10. The average Bonchev–Trinajstić information content (AvgIpc) is 2.28. The summed E-state index contributed by atoms with van der Waals surface area (Å²) in [5.41, 5.74) is 8.41. The summed E-state index contributed by atoms with van der Waals surface area (Å²) in [5.74, 6) is 0. The average molecular weight is 313 g/mol. The first-order valence-electron chi connectivity index (χ1n) is 6.36. The fourth-order valence-electron chi connectivity index (χ4n) is 2.25. The lowest BCUT2D eigenvalue weighted by Gasteiger charge is -2.30. The molecule has 1 aromatic carbocycles. The van der Waals surface area contributed by atoms with Gasteiger partial charge in [-0.2, -0.15) is 0 Å². The molecule has 2 rings (SSSR count). The highest BCUT2D eigenvalue weighted by Gasteiger charge is 2.16. The maximum atomic E-state index is 6.06. The van der Waals surface area contributed by atoms with E-state index in [4.69, 9.17) is 10.5 Å². The molecule has 1 saturated heterocycles. The third-order valence-electron chi connectivity index (χ3n) is 3.02. The third kappa shape index (κ3) is 3.70. The number of hydrogen-bond acceptors (Lipinski definition) is 3. The Hall–Kier alpha value is -0.580. The van der Waals surface area contributed by atoms with Crippen LogP contribution in [0.2, 0.25) is 0 Å². The fourth-order valence-corrected chi connectivity index (χ4v) is 2.92. The molecular formula is C14H21BrN2O. The lowest BCUT2D eigenvalue weighted by atomic mass is 9.96. The summed E-state index contributed by atoms with van der Waals surface area (Å²) < 4.78 is 6.52. The third-order valence-corrected chi connectivity index (χ3v) is 3.66. The number of ether oxygens (including phenoxy) is 1. The standard InChI is InChI=1S/C14H21BrN2O/c1-14(2,16)10-11-3-4-13(12(15)9-11)17-5-7-18-8-6-17/h3-4,9H,5-8,10,16H2,1-2H3. The fraction of sp³-hybridized carbons (Fsp3) is 0.571. The van der Waals surface area contributed by atoms with Crippen molar-refractivity contribution >= 4 is 21.6 Å². The number of nitrogens with zero attached hydrogens (tertiary/aromatic N) is 1. The molecule has 1 heterocycles. The zero-order valence-corrected chi connectivity index (χ0v) is 12.7. The Morgan fingerprint density at radius 1 is 1.33 bits per heavy atom. The van der Waals surface area contributed by atoms with E-state index in [9.17, 15) is 0 Å². The molecule has 0 atom stereocenters. The molecular weight excluding hydrogens is 292 g/mol. The molecule has 1 fully saturated rings. The Kier molecular flexibility index (Phi) is 4.30. The van der Waals surface area contributed by atoms with Gasteiger partial charge in [0.05, 0.1) is 18.9 Å². The Bertz CT molecular complexity index is 409. The molecule has 0 saturated carbocycles. The zero-order chi connectivity index (χ0) is 13.2. The summed E-state index contributed by atoms with van der Waals surface area (Å²) in [5, 5.41) is 0. The van der Waals surface area contributed by atoms with Gasteiger partial charge >= 0.3 is 0 Å². The van der Waals surface area contributed by atoms with Crippen molar-refractivity contribution in [1.29, 1.82) is 0 Å². The summed E-state index contributed by atoms with van der Waals surface area (Å²) in [4.78, 5) is 2.35. The topological polar surface area (TPSA) is 38.5 Å². The van der Waals surface area contributed by atoms with Crippen molar-refractivity contribution < 1.29 is 4.74 Å². The van der Waals surface area contributed by atoms with Gasteiger partial charge in [0.1, 0.15) is 0 Å². The summed E-state index contributed by atoms with van der Waals surface area (Å²) >= 11 is 3.67. The number of rotatable bonds is 3. The van der Waals surface area contributed by atoms with E-state index in [2.05, 4.69) is 52.9 Å². The quantitative estimate of drug-likeness (QED) is 0.932. The van der Waals surface area contributed by atoms with Gasteiger partial charge in [-0.25, -0.2) is 0 Å². The molecule has 3 nitrogen and oxygen atoms in total. The van der Waals surface area contributed by atoms with E-state index < -0.39 is 0 Å². The van der Waals surface area contributed by atoms with Crippen LogP contribution in [0.15, 0.2) is 22.7 Å². The second-order valence-electron chi connectivity index (χ2n) is 5.55. The molecule has 2 N–H and O–H groups in total. The van der Waals surface area contributed by atoms with Gasteiger partial charge in [0.25, 0.3) is 0 Å². The largest absolute Gasteiger partial charge is 0.378 e. The maximum Gasteiger partial charge on any atom is 0.0642 e. The van der Waals surface area contributed by atoms with E-state index in [0.29, 0.717) is 0 Å². The summed E-state index contributed by atoms with van der Waals surface area (Å²) in [6.07, 6.45) is 0.884. The van der Waals surface area contributed by atoms with E-state index in [-0.39, 0.29) is 5.54 Å². The van der Waals surface area contributed by atoms with Gasteiger partial charge in [-0.05, 0) is 53.9 Å². The van der Waals surface area contributed by atoms with Crippen molar-refractivity contribution in [2.24, 2.45) is 5.73 Å². The van der Waals surface area contributed by atoms with Gasteiger partial charge in [-0.15, -0.1) is 0 Å². The van der Waals surface area contributed by atoms with E-state index in [1.165, 1.54) is 11.3 Å². The van der Waals surface area contributed by atoms with E-state index >= 15 is 0 Å². The molecule has 0 radical (unpaired) electrons. The van der Waals surface area contributed by atoms with Crippen LogP contribution in [-0.4, -0.2) is 31.8 Å². The van der Waals surface area contributed by atoms with Crippen LogP contribution in [-0.2, 0) is 11.2 Å². The zero-order valence-electron chi connectivity index (χ0n) is 11.1. The van der Waals surface area contributed by atoms with Crippen molar-refractivity contribution in [3.8, 4) is 0 Å². The minimum atomic E-state index is -0.167. The first-order chi connectivity index (χ1) is 8.46. The van der Waals surface area contributed by atoms with Crippen LogP contribution in [0.3, 0.4) is 0 Å². The molecule has 0 aliphatic carbocycles. The smallest absolute Gasteiger partial charge is 0.0642 e. The highest BCUT2D eigenvalue weighted by atomic mass is 79.9. The number of hydrogen-bond donors (Lipinski definition) is 1. The Morgan fingerprint density at radius 2 is 2.00 bits per heavy atom. The maximum absolute atomic E-state index is 6.06. The van der Waals surface area contributed by atoms with E-state index in [0.717, 1.165) is 37.2 Å².